The number of methoxy groups -OCH3 is 1. The number of halogens is 2. The molecule has 0 aliphatic carbocycles. The number of amides is 2. The summed E-state index contributed by atoms with van der Waals surface area (Å²) in [5.41, 5.74) is 4.36. The van der Waals surface area contributed by atoms with Gasteiger partial charge in [0.25, 0.3) is 11.8 Å². The molecule has 2 N–H and O–H groups in total. The van der Waals surface area contributed by atoms with Crippen LogP contribution < -0.4 is 20.2 Å². The maximum absolute atomic E-state index is 12.3. The Balaban J connectivity index is 1.55. The summed E-state index contributed by atoms with van der Waals surface area (Å²) in [6, 6.07) is 18.3. The molecule has 0 heterocycles. The second-order valence-electron chi connectivity index (χ2n) is 7.23. The minimum absolute atomic E-state index is 0.280. The number of hydrogen-bond acceptors (Lipinski definition) is 5. The van der Waals surface area contributed by atoms with Gasteiger partial charge < -0.3 is 14.8 Å². The van der Waals surface area contributed by atoms with E-state index in [-0.39, 0.29) is 12.5 Å². The summed E-state index contributed by atoms with van der Waals surface area (Å²) < 4.78 is 10.9. The first-order chi connectivity index (χ1) is 16.4. The second-order valence-corrected chi connectivity index (χ2v) is 8.05. The van der Waals surface area contributed by atoms with Crippen LogP contribution in [0.2, 0.25) is 10.0 Å². The number of carbonyl (C=O) groups is 2. The molecule has 2 amide bonds. The summed E-state index contributed by atoms with van der Waals surface area (Å²) in [5, 5.41) is 7.55. The number of hydrogen-bond donors (Lipinski definition) is 2. The Morgan fingerprint density at radius 1 is 1.03 bits per heavy atom. The number of ether oxygens (including phenoxy) is 2. The molecule has 0 aromatic heterocycles. The summed E-state index contributed by atoms with van der Waals surface area (Å²) in [5.74, 6) is 0.369. The predicted molar refractivity (Wildman–Crippen MR) is 133 cm³/mol. The van der Waals surface area contributed by atoms with Crippen LogP contribution in [-0.2, 0) is 11.4 Å². The fraction of sp³-hybridized carbons (Fsp3) is 0.160. The van der Waals surface area contributed by atoms with Gasteiger partial charge in [-0.1, -0.05) is 41.4 Å². The van der Waals surface area contributed by atoms with Crippen molar-refractivity contribution in [3.63, 3.8) is 0 Å². The van der Waals surface area contributed by atoms with Crippen molar-refractivity contribution in [3.05, 3.63) is 93.5 Å². The number of hydrazone groups is 1. The lowest BCUT2D eigenvalue weighted by Gasteiger charge is -2.12. The third-order valence-electron chi connectivity index (χ3n) is 4.77. The maximum atomic E-state index is 12.3. The molecular weight excluding hydrogens is 477 g/mol. The lowest BCUT2D eigenvalue weighted by atomic mass is 10.2. The number of carbonyl (C=O) groups excluding carboxylic acids is 2. The van der Waals surface area contributed by atoms with Gasteiger partial charge in [-0.15, -0.1) is 0 Å². The van der Waals surface area contributed by atoms with E-state index in [1.54, 1.807) is 62.6 Å². The van der Waals surface area contributed by atoms with E-state index in [1.807, 2.05) is 18.2 Å². The standard InChI is InChI=1S/C25H23Cl2N3O4/c1-16(29-25(32)18-8-10-20(33-2)11-9-18)24(31)30-28-14-19-5-3-4-6-23(19)34-15-17-7-12-21(26)22(27)13-17/h3-14,16H,15H2,1-2H3,(H,29,32)(H,30,31). The van der Waals surface area contributed by atoms with E-state index in [4.69, 9.17) is 32.7 Å². The third kappa shape index (κ3) is 6.97. The predicted octanol–water partition coefficient (Wildman–Crippen LogP) is 4.85. The molecule has 34 heavy (non-hydrogen) atoms. The van der Waals surface area contributed by atoms with Crippen LogP contribution in [0.3, 0.4) is 0 Å². The smallest absolute Gasteiger partial charge is 0.262 e. The third-order valence-corrected chi connectivity index (χ3v) is 5.51. The van der Waals surface area contributed by atoms with Crippen molar-refractivity contribution < 1.29 is 19.1 Å². The van der Waals surface area contributed by atoms with Gasteiger partial charge in [-0.3, -0.25) is 9.59 Å². The molecule has 1 unspecified atom stereocenters. The SMILES string of the molecule is COc1ccc(C(=O)NC(C)C(=O)NN=Cc2ccccc2OCc2ccc(Cl)c(Cl)c2)cc1. The van der Waals surface area contributed by atoms with Crippen molar-refractivity contribution >= 4 is 41.2 Å². The first-order valence-corrected chi connectivity index (χ1v) is 11.1. The number of benzene rings is 3. The highest BCUT2D eigenvalue weighted by molar-refractivity contribution is 6.42. The Hall–Kier alpha value is -3.55. The minimum atomic E-state index is -0.798. The molecular formula is C25H23Cl2N3O4. The second kappa shape index (κ2) is 12.1. The normalized spacial score (nSPS) is 11.6. The van der Waals surface area contributed by atoms with Crippen LogP contribution in [0.1, 0.15) is 28.4 Å². The molecule has 7 nitrogen and oxygen atoms in total. The van der Waals surface area contributed by atoms with E-state index < -0.39 is 11.9 Å². The fourth-order valence-electron chi connectivity index (χ4n) is 2.86. The average molecular weight is 500 g/mol. The summed E-state index contributed by atoms with van der Waals surface area (Å²) in [7, 11) is 1.54. The Morgan fingerprint density at radius 2 is 1.76 bits per heavy atom. The molecule has 3 aromatic rings. The summed E-state index contributed by atoms with van der Waals surface area (Å²) in [4.78, 5) is 24.7. The number of rotatable bonds is 9. The van der Waals surface area contributed by atoms with Crippen molar-refractivity contribution in [2.75, 3.05) is 7.11 Å². The van der Waals surface area contributed by atoms with Gasteiger partial charge in [0.15, 0.2) is 0 Å². The topological polar surface area (TPSA) is 89.0 Å². The first-order valence-electron chi connectivity index (χ1n) is 10.3. The lowest BCUT2D eigenvalue weighted by Crippen LogP contribution is -2.43. The molecule has 0 aliphatic rings. The molecule has 1 atom stereocenters. The zero-order chi connectivity index (χ0) is 24.5. The van der Waals surface area contributed by atoms with E-state index in [0.717, 1.165) is 5.56 Å². The summed E-state index contributed by atoms with van der Waals surface area (Å²) in [6.07, 6.45) is 1.47. The van der Waals surface area contributed by atoms with E-state index in [1.165, 1.54) is 6.21 Å². The van der Waals surface area contributed by atoms with Crippen molar-refractivity contribution in [3.8, 4) is 11.5 Å². The molecule has 0 bridgehead atoms. The number of nitrogens with one attached hydrogen (secondary N) is 2. The van der Waals surface area contributed by atoms with Gasteiger partial charge in [-0.2, -0.15) is 5.10 Å². The Bertz CT molecular complexity index is 1180. The highest BCUT2D eigenvalue weighted by Crippen LogP contribution is 2.24. The Morgan fingerprint density at radius 3 is 2.47 bits per heavy atom. The molecule has 176 valence electrons. The molecule has 0 aliphatic heterocycles. The zero-order valence-electron chi connectivity index (χ0n) is 18.5. The van der Waals surface area contributed by atoms with Gasteiger partial charge in [0.05, 0.1) is 23.4 Å². The molecule has 0 fully saturated rings. The summed E-state index contributed by atoms with van der Waals surface area (Å²) in [6.45, 7) is 1.85. The van der Waals surface area contributed by atoms with Crippen LogP contribution in [0.15, 0.2) is 71.8 Å². The van der Waals surface area contributed by atoms with Crippen LogP contribution in [0, 0.1) is 0 Å². The van der Waals surface area contributed by atoms with E-state index in [0.29, 0.717) is 32.7 Å². The molecule has 0 saturated carbocycles. The maximum Gasteiger partial charge on any atom is 0.262 e. The number of para-hydroxylation sites is 1. The lowest BCUT2D eigenvalue weighted by molar-refractivity contribution is -0.122. The molecule has 9 heteroatoms. The monoisotopic (exact) mass is 499 g/mol. The van der Waals surface area contributed by atoms with Crippen LogP contribution in [0.4, 0.5) is 0 Å². The van der Waals surface area contributed by atoms with Gasteiger partial charge in [0.2, 0.25) is 0 Å². The molecule has 0 spiro atoms. The van der Waals surface area contributed by atoms with Crippen molar-refractivity contribution in [1.82, 2.24) is 10.7 Å². The molecule has 3 aromatic carbocycles. The average Bonchev–Trinajstić information content (AvgIpc) is 2.85. The van der Waals surface area contributed by atoms with Gasteiger partial charge in [0, 0.05) is 11.1 Å². The summed E-state index contributed by atoms with van der Waals surface area (Å²) >= 11 is 12.0. The molecule has 3 rings (SSSR count). The Kier molecular flexibility index (Phi) is 8.90. The van der Waals surface area contributed by atoms with Crippen LogP contribution in [0.25, 0.3) is 0 Å². The quantitative estimate of drug-likeness (QED) is 0.325. The zero-order valence-corrected chi connectivity index (χ0v) is 20.1. The molecule has 0 radical (unpaired) electrons. The van der Waals surface area contributed by atoms with Crippen molar-refractivity contribution in [2.45, 2.75) is 19.6 Å². The van der Waals surface area contributed by atoms with Gasteiger partial charge in [0.1, 0.15) is 24.1 Å². The van der Waals surface area contributed by atoms with Crippen LogP contribution in [-0.4, -0.2) is 31.2 Å². The van der Waals surface area contributed by atoms with E-state index in [2.05, 4.69) is 15.8 Å². The fourth-order valence-corrected chi connectivity index (χ4v) is 3.18. The first kappa shape index (κ1) is 25.1. The Labute approximate surface area is 207 Å². The van der Waals surface area contributed by atoms with Gasteiger partial charge in [-0.05, 0) is 61.0 Å². The largest absolute Gasteiger partial charge is 0.497 e. The van der Waals surface area contributed by atoms with Gasteiger partial charge in [-0.25, -0.2) is 5.43 Å². The highest BCUT2D eigenvalue weighted by Gasteiger charge is 2.16. The van der Waals surface area contributed by atoms with Crippen molar-refractivity contribution in [1.29, 1.82) is 0 Å². The molecule has 0 saturated heterocycles. The van der Waals surface area contributed by atoms with E-state index in [9.17, 15) is 9.59 Å². The van der Waals surface area contributed by atoms with Crippen LogP contribution in [0.5, 0.6) is 11.5 Å². The van der Waals surface area contributed by atoms with Crippen molar-refractivity contribution in [2.24, 2.45) is 5.10 Å². The minimum Gasteiger partial charge on any atom is -0.497 e. The highest BCUT2D eigenvalue weighted by atomic mass is 35.5. The van der Waals surface area contributed by atoms with E-state index >= 15 is 0 Å². The van der Waals surface area contributed by atoms with Gasteiger partial charge >= 0.3 is 0 Å². The van der Waals surface area contributed by atoms with Crippen LogP contribution >= 0.6 is 23.2 Å². The number of nitrogens with zero attached hydrogens (tertiary/aromatic N) is 1.